The monoisotopic (exact) mass is 150 g/mol. The highest BCUT2D eigenvalue weighted by Gasteiger charge is 1.98. The Morgan fingerprint density at radius 1 is 1.60 bits per heavy atom. The van der Waals surface area contributed by atoms with Crippen molar-refractivity contribution in [2.24, 2.45) is 0 Å². The summed E-state index contributed by atoms with van der Waals surface area (Å²) >= 11 is 1.63. The fourth-order valence-electron chi connectivity index (χ4n) is 0.702. The van der Waals surface area contributed by atoms with Crippen molar-refractivity contribution in [1.29, 1.82) is 0 Å². The van der Waals surface area contributed by atoms with Crippen molar-refractivity contribution in [3.8, 4) is 10.7 Å². The van der Waals surface area contributed by atoms with Crippen LogP contribution in [0.4, 0.5) is 0 Å². The fraction of sp³-hybridized carbons (Fsp3) is 0. The van der Waals surface area contributed by atoms with Crippen molar-refractivity contribution in [3.63, 3.8) is 0 Å². The van der Waals surface area contributed by atoms with Crippen LogP contribution in [0.15, 0.2) is 17.5 Å². The molecule has 0 aliphatic heterocycles. The summed E-state index contributed by atoms with van der Waals surface area (Å²) in [5.74, 6) is 0.787. The molecule has 0 saturated carbocycles. The Morgan fingerprint density at radius 3 is 3.20 bits per heavy atom. The van der Waals surface area contributed by atoms with E-state index in [0.29, 0.717) is 0 Å². The number of aromatic nitrogens is 3. The summed E-state index contributed by atoms with van der Waals surface area (Å²) in [4.78, 5) is 3.89. The Hall–Kier alpha value is -1.16. The van der Waals surface area contributed by atoms with E-state index in [2.05, 4.69) is 21.5 Å². The van der Waals surface area contributed by atoms with Gasteiger partial charge in [-0.15, -0.1) is 21.5 Å². The molecule has 0 atom stereocenters. The van der Waals surface area contributed by atoms with Gasteiger partial charge in [-0.25, -0.2) is 0 Å². The highest BCUT2D eigenvalue weighted by atomic mass is 32.1. The van der Waals surface area contributed by atoms with Crippen molar-refractivity contribution in [1.82, 2.24) is 15.2 Å². The van der Waals surface area contributed by atoms with Crippen LogP contribution in [0.2, 0.25) is 0 Å². The predicted octanol–water partition coefficient (Wildman–Crippen LogP) is 1.33. The minimum absolute atomic E-state index is 0.787. The van der Waals surface area contributed by atoms with Crippen LogP contribution in [0.25, 0.3) is 10.7 Å². The van der Waals surface area contributed by atoms with Gasteiger partial charge in [-0.05, 0) is 11.4 Å². The number of H-pyrrole nitrogens is 1. The lowest BCUT2D eigenvalue weighted by atomic mass is 10.5. The molecular weight excluding hydrogens is 146 g/mol. The fourth-order valence-corrected chi connectivity index (χ4v) is 1.37. The average molecular weight is 150 g/mol. The molecule has 0 fully saturated rings. The van der Waals surface area contributed by atoms with E-state index in [1.54, 1.807) is 11.3 Å². The molecule has 0 saturated heterocycles. The van der Waals surface area contributed by atoms with Gasteiger partial charge in [0.25, 0.3) is 0 Å². The number of aromatic amines is 1. The van der Waals surface area contributed by atoms with E-state index < -0.39 is 0 Å². The van der Waals surface area contributed by atoms with Gasteiger partial charge >= 0.3 is 0 Å². The molecule has 0 unspecified atom stereocenters. The van der Waals surface area contributed by atoms with Crippen molar-refractivity contribution in [2.75, 3.05) is 0 Å². The summed E-state index contributed by atoms with van der Waals surface area (Å²) in [5.41, 5.74) is 0. The third-order valence-electron chi connectivity index (χ3n) is 1.13. The largest absolute Gasteiger partial charge is 0.318 e. The molecule has 0 spiro atoms. The van der Waals surface area contributed by atoms with Crippen LogP contribution in [0.5, 0.6) is 0 Å². The zero-order valence-corrected chi connectivity index (χ0v) is 5.85. The summed E-state index contributed by atoms with van der Waals surface area (Å²) in [5, 5.41) is 9.36. The number of rotatable bonds is 1. The molecule has 1 N–H and O–H groups in total. The van der Waals surface area contributed by atoms with Gasteiger partial charge in [0.2, 0.25) is 0 Å². The summed E-state index contributed by atoms with van der Waals surface area (Å²) in [6.07, 6.45) is 2.54. The van der Waals surface area contributed by atoms with Crippen LogP contribution in [-0.4, -0.2) is 15.2 Å². The minimum atomic E-state index is 0.787. The van der Waals surface area contributed by atoms with E-state index in [1.165, 1.54) is 0 Å². The summed E-state index contributed by atoms with van der Waals surface area (Å²) < 4.78 is 0. The third kappa shape index (κ3) is 0.823. The normalized spacial score (nSPS) is 10.0. The topological polar surface area (TPSA) is 41.6 Å². The highest BCUT2D eigenvalue weighted by molar-refractivity contribution is 7.13. The molecule has 0 amide bonds. The Balaban J connectivity index is 2.48. The second-order valence-electron chi connectivity index (χ2n) is 1.76. The van der Waals surface area contributed by atoms with E-state index in [4.69, 9.17) is 0 Å². The first-order valence-electron chi connectivity index (χ1n) is 2.79. The zero-order chi connectivity index (χ0) is 6.81. The standard InChI is InChI=1S/C6H4N3S/c1-2-5(10-3-1)6-7-4-8-9-6/h1-3H,(H,7,8,9). The lowest BCUT2D eigenvalue weighted by Gasteiger charge is -1.82. The van der Waals surface area contributed by atoms with Gasteiger partial charge < -0.3 is 4.98 Å². The Morgan fingerprint density at radius 2 is 2.60 bits per heavy atom. The van der Waals surface area contributed by atoms with Crippen LogP contribution < -0.4 is 0 Å². The number of hydrogen-bond donors (Lipinski definition) is 1. The molecule has 2 rings (SSSR count). The molecule has 2 aromatic rings. The third-order valence-corrected chi connectivity index (χ3v) is 2.01. The number of thiophene rings is 1. The zero-order valence-electron chi connectivity index (χ0n) is 5.03. The van der Waals surface area contributed by atoms with Crippen molar-refractivity contribution in [2.45, 2.75) is 0 Å². The van der Waals surface area contributed by atoms with E-state index >= 15 is 0 Å². The lowest BCUT2D eigenvalue weighted by molar-refractivity contribution is 1.09. The second-order valence-corrected chi connectivity index (χ2v) is 2.71. The Bertz CT molecular complexity index is 252. The number of hydrogen-bond acceptors (Lipinski definition) is 3. The van der Waals surface area contributed by atoms with Gasteiger partial charge in [-0.3, -0.25) is 0 Å². The maximum atomic E-state index is 3.81. The summed E-state index contributed by atoms with van der Waals surface area (Å²) in [6, 6.07) is 3.96. The molecule has 0 bridgehead atoms. The van der Waals surface area contributed by atoms with Gasteiger partial charge in [-0.1, -0.05) is 6.07 Å². The first-order chi connectivity index (χ1) is 4.97. The van der Waals surface area contributed by atoms with Gasteiger partial charge in [0.1, 0.15) is 0 Å². The van der Waals surface area contributed by atoms with Crippen molar-refractivity contribution in [3.05, 3.63) is 23.8 Å². The van der Waals surface area contributed by atoms with Gasteiger partial charge in [0, 0.05) is 0 Å². The number of nitrogens with zero attached hydrogens (tertiary/aromatic N) is 2. The molecular formula is C6H4N3S. The summed E-state index contributed by atoms with van der Waals surface area (Å²) in [6.45, 7) is 0. The van der Waals surface area contributed by atoms with Crippen molar-refractivity contribution < 1.29 is 0 Å². The molecule has 10 heavy (non-hydrogen) atoms. The second kappa shape index (κ2) is 2.22. The van der Waals surface area contributed by atoms with Gasteiger partial charge in [-0.2, -0.15) is 0 Å². The van der Waals surface area contributed by atoms with E-state index in [1.807, 2.05) is 17.5 Å². The lowest BCUT2D eigenvalue weighted by Crippen LogP contribution is -1.72. The predicted molar refractivity (Wildman–Crippen MR) is 38.5 cm³/mol. The van der Waals surface area contributed by atoms with E-state index in [-0.39, 0.29) is 0 Å². The van der Waals surface area contributed by atoms with E-state index in [9.17, 15) is 0 Å². The molecule has 0 aliphatic carbocycles. The van der Waals surface area contributed by atoms with Crippen LogP contribution in [0, 0.1) is 6.33 Å². The molecule has 2 heterocycles. The van der Waals surface area contributed by atoms with Crippen LogP contribution >= 0.6 is 11.3 Å². The van der Waals surface area contributed by atoms with Gasteiger partial charge in [0.15, 0.2) is 12.2 Å². The minimum Gasteiger partial charge on any atom is -0.318 e. The molecule has 1 radical (unpaired) electrons. The molecule has 2 aromatic heterocycles. The first-order valence-corrected chi connectivity index (χ1v) is 3.67. The number of nitrogens with one attached hydrogen (secondary N) is 1. The van der Waals surface area contributed by atoms with E-state index in [0.717, 1.165) is 10.7 Å². The average Bonchev–Trinajstić information content (AvgIpc) is 2.59. The maximum absolute atomic E-state index is 3.81. The Labute approximate surface area is 61.7 Å². The molecule has 4 heteroatoms. The smallest absolute Gasteiger partial charge is 0.199 e. The molecule has 0 aliphatic rings. The molecule has 0 aromatic carbocycles. The van der Waals surface area contributed by atoms with Crippen LogP contribution in [0.3, 0.4) is 0 Å². The SMILES string of the molecule is [c]1nnc(-c2cccs2)[nH]1. The Kier molecular flexibility index (Phi) is 1.25. The van der Waals surface area contributed by atoms with Crippen molar-refractivity contribution >= 4 is 11.3 Å². The van der Waals surface area contributed by atoms with Gasteiger partial charge in [0.05, 0.1) is 4.88 Å². The quantitative estimate of drug-likeness (QED) is 0.666. The van der Waals surface area contributed by atoms with Crippen LogP contribution in [-0.2, 0) is 0 Å². The first kappa shape index (κ1) is 5.61. The highest BCUT2D eigenvalue weighted by Crippen LogP contribution is 2.18. The summed E-state index contributed by atoms with van der Waals surface area (Å²) in [7, 11) is 0. The maximum Gasteiger partial charge on any atom is 0.199 e. The molecule has 49 valence electrons. The van der Waals surface area contributed by atoms with Crippen LogP contribution in [0.1, 0.15) is 0 Å². The molecule has 3 nitrogen and oxygen atoms in total.